The molecule has 2 aromatic heterocycles. The molecule has 4 aromatic rings. The highest BCUT2D eigenvalue weighted by Gasteiger charge is 2.16. The zero-order chi connectivity index (χ0) is 26.7. The maximum Gasteiger partial charge on any atom is 0.327 e. The topological polar surface area (TPSA) is 96.1 Å². The summed E-state index contributed by atoms with van der Waals surface area (Å²) in [6.07, 6.45) is 6.91. The van der Waals surface area contributed by atoms with E-state index in [1.54, 1.807) is 23.7 Å². The number of aryl methyl sites for hydroxylation is 2. The van der Waals surface area contributed by atoms with Crippen LogP contribution in [0.2, 0.25) is 0 Å². The Hall–Kier alpha value is -4.29. The monoisotopic (exact) mass is 526 g/mol. The number of rotatable bonds is 11. The number of aromatic nitrogens is 3. The molecule has 194 valence electrons. The second-order valence-corrected chi connectivity index (χ2v) is 9.83. The quantitative estimate of drug-likeness (QED) is 0.264. The molecule has 0 atom stereocenters. The second kappa shape index (κ2) is 13.3. The number of nitrogens with zero attached hydrogens (tertiary/aromatic N) is 5. The summed E-state index contributed by atoms with van der Waals surface area (Å²) in [6, 6.07) is 21.3. The molecule has 0 unspecified atom stereocenters. The Morgan fingerprint density at radius 1 is 1.13 bits per heavy atom. The highest BCUT2D eigenvalue weighted by molar-refractivity contribution is 7.97. The van der Waals surface area contributed by atoms with Gasteiger partial charge in [-0.1, -0.05) is 36.4 Å². The molecule has 9 heteroatoms. The van der Waals surface area contributed by atoms with Crippen molar-refractivity contribution in [1.29, 1.82) is 5.26 Å². The Bertz CT molecular complexity index is 1380. The molecule has 38 heavy (non-hydrogen) atoms. The first-order valence-electron chi connectivity index (χ1n) is 12.3. The third-order valence-electron chi connectivity index (χ3n) is 6.08. The van der Waals surface area contributed by atoms with Crippen LogP contribution in [-0.2, 0) is 19.5 Å². The van der Waals surface area contributed by atoms with E-state index in [0.29, 0.717) is 31.1 Å². The highest BCUT2D eigenvalue weighted by atomic mass is 32.2. The van der Waals surface area contributed by atoms with Crippen molar-refractivity contribution in [2.75, 3.05) is 13.7 Å². The largest absolute Gasteiger partial charge is 0.481 e. The van der Waals surface area contributed by atoms with Crippen LogP contribution in [0, 0.1) is 18.3 Å². The number of hydrogen-bond donors (Lipinski definition) is 1. The molecule has 0 aliphatic heterocycles. The molecule has 2 heterocycles. The number of ether oxygens (including phenoxy) is 1. The van der Waals surface area contributed by atoms with Gasteiger partial charge in [-0.05, 0) is 66.6 Å². The minimum absolute atomic E-state index is 0.153. The molecule has 0 bridgehead atoms. The van der Waals surface area contributed by atoms with Crippen molar-refractivity contribution in [3.05, 3.63) is 107 Å². The first-order chi connectivity index (χ1) is 18.6. The van der Waals surface area contributed by atoms with Crippen LogP contribution in [0.5, 0.6) is 5.88 Å². The number of imidazole rings is 1. The number of pyridine rings is 1. The lowest BCUT2D eigenvalue weighted by atomic mass is 10.1. The SMILES string of the molecule is COc1ccc(SN(CCCc2cncn2Cc2ccc(C#N)cc2)C(=O)NCc2ccccc2C)cn1. The maximum absolute atomic E-state index is 13.2. The van der Waals surface area contributed by atoms with E-state index in [2.05, 4.69) is 25.9 Å². The van der Waals surface area contributed by atoms with Crippen LogP contribution >= 0.6 is 11.9 Å². The van der Waals surface area contributed by atoms with Crippen molar-refractivity contribution in [3.8, 4) is 11.9 Å². The number of urea groups is 1. The minimum Gasteiger partial charge on any atom is -0.481 e. The zero-order valence-electron chi connectivity index (χ0n) is 21.5. The van der Waals surface area contributed by atoms with Crippen LogP contribution in [0.1, 0.15) is 34.4 Å². The fourth-order valence-corrected chi connectivity index (χ4v) is 4.76. The molecule has 0 aliphatic carbocycles. The molecule has 4 rings (SSSR count). The van der Waals surface area contributed by atoms with Crippen molar-refractivity contribution in [1.82, 2.24) is 24.2 Å². The number of carbonyl (C=O) groups excluding carboxylic acids is 1. The standard InChI is InChI=1S/C29H30N6O2S/c1-22-6-3-4-7-25(22)17-33-29(36)35(38-27-13-14-28(37-2)32-19-27)15-5-8-26-18-31-21-34(26)20-24-11-9-23(16-30)10-12-24/h3-4,6-7,9-14,18-19,21H,5,8,15,17,20H2,1-2H3,(H,33,36). The molecule has 0 spiro atoms. The lowest BCUT2D eigenvalue weighted by Crippen LogP contribution is -2.36. The first kappa shape index (κ1) is 26.8. The van der Waals surface area contributed by atoms with Crippen molar-refractivity contribution >= 4 is 18.0 Å². The summed E-state index contributed by atoms with van der Waals surface area (Å²) in [5.74, 6) is 0.528. The summed E-state index contributed by atoms with van der Waals surface area (Å²) in [4.78, 5) is 22.7. The van der Waals surface area contributed by atoms with Crippen LogP contribution in [0.4, 0.5) is 4.79 Å². The number of methoxy groups -OCH3 is 1. The van der Waals surface area contributed by atoms with Crippen molar-refractivity contribution in [2.24, 2.45) is 0 Å². The molecular weight excluding hydrogens is 496 g/mol. The van der Waals surface area contributed by atoms with Crippen molar-refractivity contribution < 1.29 is 9.53 Å². The molecule has 8 nitrogen and oxygen atoms in total. The van der Waals surface area contributed by atoms with E-state index >= 15 is 0 Å². The summed E-state index contributed by atoms with van der Waals surface area (Å²) in [5, 5.41) is 12.1. The van der Waals surface area contributed by atoms with Gasteiger partial charge in [0.05, 0.1) is 25.1 Å². The number of benzene rings is 2. The van der Waals surface area contributed by atoms with E-state index in [1.165, 1.54) is 11.9 Å². The smallest absolute Gasteiger partial charge is 0.327 e. The molecule has 0 aliphatic rings. The Labute approximate surface area is 227 Å². The molecule has 0 fully saturated rings. The highest BCUT2D eigenvalue weighted by Crippen LogP contribution is 2.24. The van der Waals surface area contributed by atoms with Crippen molar-refractivity contribution in [2.45, 2.75) is 37.8 Å². The predicted octanol–water partition coefficient (Wildman–Crippen LogP) is 5.37. The Balaban J connectivity index is 1.39. The fourth-order valence-electron chi connectivity index (χ4n) is 3.91. The molecule has 2 aromatic carbocycles. The van der Waals surface area contributed by atoms with E-state index < -0.39 is 0 Å². The van der Waals surface area contributed by atoms with Crippen LogP contribution in [0.25, 0.3) is 0 Å². The van der Waals surface area contributed by atoms with Gasteiger partial charge in [0.15, 0.2) is 0 Å². The van der Waals surface area contributed by atoms with Gasteiger partial charge in [0.1, 0.15) is 0 Å². The molecule has 0 saturated carbocycles. The predicted molar refractivity (Wildman–Crippen MR) is 148 cm³/mol. The van der Waals surface area contributed by atoms with Gasteiger partial charge >= 0.3 is 6.03 Å². The third kappa shape index (κ3) is 7.37. The second-order valence-electron chi connectivity index (χ2n) is 8.74. The number of nitrogens with one attached hydrogen (secondary N) is 1. The number of hydrogen-bond acceptors (Lipinski definition) is 6. The van der Waals surface area contributed by atoms with Gasteiger partial charge in [0.2, 0.25) is 5.88 Å². The lowest BCUT2D eigenvalue weighted by molar-refractivity contribution is 0.225. The summed E-state index contributed by atoms with van der Waals surface area (Å²) < 4.78 is 9.00. The van der Waals surface area contributed by atoms with Gasteiger partial charge in [-0.2, -0.15) is 5.26 Å². The van der Waals surface area contributed by atoms with Crippen molar-refractivity contribution in [3.63, 3.8) is 0 Å². The van der Waals surface area contributed by atoms with E-state index in [1.807, 2.05) is 74.0 Å². The fraction of sp³-hybridized carbons (Fsp3) is 0.241. The lowest BCUT2D eigenvalue weighted by Gasteiger charge is -2.22. The van der Waals surface area contributed by atoms with Crippen LogP contribution in [0.15, 0.2) is 84.3 Å². The van der Waals surface area contributed by atoms with Gasteiger partial charge in [0, 0.05) is 48.7 Å². The average Bonchev–Trinajstić information content (AvgIpc) is 3.39. The van der Waals surface area contributed by atoms with E-state index in [-0.39, 0.29) is 6.03 Å². The normalized spacial score (nSPS) is 10.6. The van der Waals surface area contributed by atoms with E-state index in [0.717, 1.165) is 40.1 Å². The van der Waals surface area contributed by atoms with Crippen LogP contribution in [-0.4, -0.2) is 38.5 Å². The Morgan fingerprint density at radius 3 is 2.66 bits per heavy atom. The summed E-state index contributed by atoms with van der Waals surface area (Å²) in [5.41, 5.74) is 5.06. The van der Waals surface area contributed by atoms with Crippen LogP contribution < -0.4 is 10.1 Å². The van der Waals surface area contributed by atoms with Gasteiger partial charge in [-0.3, -0.25) is 4.31 Å². The summed E-state index contributed by atoms with van der Waals surface area (Å²) in [7, 11) is 1.58. The van der Waals surface area contributed by atoms with Gasteiger partial charge in [0.25, 0.3) is 0 Å². The van der Waals surface area contributed by atoms with E-state index in [9.17, 15) is 4.79 Å². The molecule has 0 saturated heterocycles. The zero-order valence-corrected chi connectivity index (χ0v) is 22.3. The molecule has 2 amide bonds. The minimum atomic E-state index is -0.153. The summed E-state index contributed by atoms with van der Waals surface area (Å²) in [6.45, 7) is 3.71. The first-order valence-corrected chi connectivity index (χ1v) is 13.1. The molecule has 1 N–H and O–H groups in total. The Morgan fingerprint density at radius 2 is 1.95 bits per heavy atom. The van der Waals surface area contributed by atoms with Gasteiger partial charge < -0.3 is 14.6 Å². The van der Waals surface area contributed by atoms with Crippen LogP contribution in [0.3, 0.4) is 0 Å². The number of nitriles is 1. The summed E-state index contributed by atoms with van der Waals surface area (Å²) >= 11 is 1.36. The molecular formula is C29H30N6O2S. The van der Waals surface area contributed by atoms with Gasteiger partial charge in [-0.25, -0.2) is 14.8 Å². The van der Waals surface area contributed by atoms with E-state index in [4.69, 9.17) is 10.00 Å². The van der Waals surface area contributed by atoms with Gasteiger partial charge in [-0.15, -0.1) is 0 Å². The number of amides is 2. The maximum atomic E-state index is 13.2. The average molecular weight is 527 g/mol. The number of carbonyl (C=O) groups is 1. The third-order valence-corrected chi connectivity index (χ3v) is 7.10. The Kier molecular flexibility index (Phi) is 9.37. The molecule has 0 radical (unpaired) electrons.